The molecule has 14 heavy (non-hydrogen) atoms. The number of allylic oxidation sites excluding steroid dienone is 4. The molecule has 2 heteroatoms. The minimum absolute atomic E-state index is 0.0803. The average molecular weight is 194 g/mol. The molecule has 2 rings (SSSR count). The Balaban J connectivity index is 2.46. The van der Waals surface area contributed by atoms with Crippen LogP contribution in [0.3, 0.4) is 0 Å². The molecule has 0 radical (unpaired) electrons. The maximum Gasteiger partial charge on any atom is 0.178 e. The molecule has 0 spiro atoms. The van der Waals surface area contributed by atoms with Crippen LogP contribution in [0, 0.1) is 5.41 Å². The molecular formula is C12H15FO. The van der Waals surface area contributed by atoms with E-state index in [0.717, 1.165) is 12.8 Å². The molecule has 0 aromatic rings. The predicted molar refractivity (Wildman–Crippen MR) is 53.7 cm³/mol. The molecule has 0 unspecified atom stereocenters. The first-order valence-corrected chi connectivity index (χ1v) is 5.09. The van der Waals surface area contributed by atoms with Gasteiger partial charge in [0.25, 0.3) is 0 Å². The molecular weight excluding hydrogens is 179 g/mol. The third-order valence-corrected chi connectivity index (χ3v) is 3.32. The van der Waals surface area contributed by atoms with Crippen molar-refractivity contribution >= 4 is 5.78 Å². The van der Waals surface area contributed by atoms with Gasteiger partial charge in [-0.3, -0.25) is 4.79 Å². The van der Waals surface area contributed by atoms with Gasteiger partial charge in [-0.2, -0.15) is 0 Å². The Labute approximate surface area is 83.7 Å². The molecule has 1 atom stereocenters. The molecule has 1 nitrogen and oxygen atoms in total. The molecule has 0 bridgehead atoms. The van der Waals surface area contributed by atoms with E-state index in [1.54, 1.807) is 0 Å². The van der Waals surface area contributed by atoms with Gasteiger partial charge in [0.2, 0.25) is 0 Å². The van der Waals surface area contributed by atoms with E-state index in [2.05, 4.69) is 0 Å². The minimum Gasteiger partial charge on any atom is -0.290 e. The summed E-state index contributed by atoms with van der Waals surface area (Å²) in [5.74, 6) is -0.0803. The van der Waals surface area contributed by atoms with Crippen molar-refractivity contribution in [3.8, 4) is 0 Å². The van der Waals surface area contributed by atoms with Crippen LogP contribution in [0.4, 0.5) is 4.39 Å². The van der Waals surface area contributed by atoms with Gasteiger partial charge in [-0.1, -0.05) is 13.8 Å². The van der Waals surface area contributed by atoms with E-state index in [4.69, 9.17) is 0 Å². The molecule has 0 aromatic carbocycles. The Kier molecular flexibility index (Phi) is 1.91. The minimum atomic E-state index is -1.35. The summed E-state index contributed by atoms with van der Waals surface area (Å²) >= 11 is 0. The SMILES string of the molecule is CC1(C)CCC[C@@]2(F)C=CC(=O)C=C12. The van der Waals surface area contributed by atoms with E-state index in [1.807, 2.05) is 13.8 Å². The number of alkyl halides is 1. The molecule has 2 aliphatic rings. The summed E-state index contributed by atoms with van der Waals surface area (Å²) in [5.41, 5.74) is -0.855. The van der Waals surface area contributed by atoms with Gasteiger partial charge in [0.15, 0.2) is 11.5 Å². The van der Waals surface area contributed by atoms with Gasteiger partial charge in [0.1, 0.15) is 0 Å². The zero-order valence-electron chi connectivity index (χ0n) is 8.64. The largest absolute Gasteiger partial charge is 0.290 e. The van der Waals surface area contributed by atoms with Crippen molar-refractivity contribution < 1.29 is 9.18 Å². The fraction of sp³-hybridized carbons (Fsp3) is 0.583. The van der Waals surface area contributed by atoms with Crippen LogP contribution < -0.4 is 0 Å². The van der Waals surface area contributed by atoms with E-state index in [1.165, 1.54) is 18.2 Å². The van der Waals surface area contributed by atoms with Crippen LogP contribution in [0.1, 0.15) is 33.1 Å². The number of rotatable bonds is 0. The van der Waals surface area contributed by atoms with E-state index in [9.17, 15) is 9.18 Å². The van der Waals surface area contributed by atoms with Gasteiger partial charge in [0, 0.05) is 0 Å². The Bertz CT molecular complexity index is 338. The van der Waals surface area contributed by atoms with Gasteiger partial charge in [-0.25, -0.2) is 4.39 Å². The molecule has 0 aliphatic heterocycles. The molecule has 2 aliphatic carbocycles. The van der Waals surface area contributed by atoms with Crippen LogP contribution >= 0.6 is 0 Å². The first kappa shape index (κ1) is 9.63. The Morgan fingerprint density at radius 1 is 1.36 bits per heavy atom. The topological polar surface area (TPSA) is 17.1 Å². The lowest BCUT2D eigenvalue weighted by atomic mass is 9.65. The van der Waals surface area contributed by atoms with Crippen LogP contribution in [0.5, 0.6) is 0 Å². The molecule has 1 fully saturated rings. The van der Waals surface area contributed by atoms with Crippen molar-refractivity contribution in [2.45, 2.75) is 38.8 Å². The highest BCUT2D eigenvalue weighted by molar-refractivity contribution is 6.01. The van der Waals surface area contributed by atoms with E-state index in [-0.39, 0.29) is 11.2 Å². The van der Waals surface area contributed by atoms with Gasteiger partial charge in [0.05, 0.1) is 0 Å². The van der Waals surface area contributed by atoms with E-state index in [0.29, 0.717) is 12.0 Å². The highest BCUT2D eigenvalue weighted by atomic mass is 19.1. The Hall–Kier alpha value is -0.920. The highest BCUT2D eigenvalue weighted by Crippen LogP contribution is 2.49. The van der Waals surface area contributed by atoms with Crippen molar-refractivity contribution in [3.63, 3.8) is 0 Å². The molecule has 0 saturated heterocycles. The molecule has 0 heterocycles. The number of ketones is 1. The maximum atomic E-state index is 14.4. The summed E-state index contributed by atoms with van der Waals surface area (Å²) in [7, 11) is 0. The van der Waals surface area contributed by atoms with Crippen LogP contribution in [0.2, 0.25) is 0 Å². The zero-order valence-corrected chi connectivity index (χ0v) is 8.64. The second-order valence-electron chi connectivity index (χ2n) is 4.89. The van der Waals surface area contributed by atoms with Gasteiger partial charge >= 0.3 is 0 Å². The smallest absolute Gasteiger partial charge is 0.178 e. The number of fused-ring (bicyclic) bond motifs is 1. The Morgan fingerprint density at radius 2 is 2.07 bits per heavy atom. The lowest BCUT2D eigenvalue weighted by molar-refractivity contribution is -0.110. The summed E-state index contributed by atoms with van der Waals surface area (Å²) in [4.78, 5) is 11.2. The highest BCUT2D eigenvalue weighted by Gasteiger charge is 2.45. The van der Waals surface area contributed by atoms with Gasteiger partial charge < -0.3 is 0 Å². The van der Waals surface area contributed by atoms with Crippen LogP contribution in [0.15, 0.2) is 23.8 Å². The van der Waals surface area contributed by atoms with Crippen LogP contribution in [-0.2, 0) is 4.79 Å². The van der Waals surface area contributed by atoms with Crippen LogP contribution in [-0.4, -0.2) is 11.5 Å². The van der Waals surface area contributed by atoms with Crippen molar-refractivity contribution in [2.75, 3.05) is 0 Å². The average Bonchev–Trinajstić information content (AvgIpc) is 2.08. The van der Waals surface area contributed by atoms with Gasteiger partial charge in [-0.05, 0) is 48.5 Å². The normalized spacial score (nSPS) is 35.1. The second-order valence-corrected chi connectivity index (χ2v) is 4.89. The number of hydrogen-bond acceptors (Lipinski definition) is 1. The molecule has 0 N–H and O–H groups in total. The number of halogens is 1. The first-order valence-electron chi connectivity index (χ1n) is 5.09. The number of carbonyl (C=O) groups excluding carboxylic acids is 1. The standard InChI is InChI=1S/C12H15FO/c1-11(2)5-3-6-12(13)7-4-9(14)8-10(11)12/h4,7-8H,3,5-6H2,1-2H3/t12-/m1/s1. The van der Waals surface area contributed by atoms with Crippen molar-refractivity contribution in [1.29, 1.82) is 0 Å². The fourth-order valence-electron chi connectivity index (χ4n) is 2.51. The molecule has 0 amide bonds. The van der Waals surface area contributed by atoms with Crippen LogP contribution in [0.25, 0.3) is 0 Å². The van der Waals surface area contributed by atoms with Gasteiger partial charge in [-0.15, -0.1) is 0 Å². The third kappa shape index (κ3) is 1.33. The summed E-state index contributed by atoms with van der Waals surface area (Å²) in [5, 5.41) is 0. The van der Waals surface area contributed by atoms with Crippen molar-refractivity contribution in [1.82, 2.24) is 0 Å². The summed E-state index contributed by atoms with van der Waals surface area (Å²) in [6.07, 6.45) is 6.65. The first-order chi connectivity index (χ1) is 6.44. The summed E-state index contributed by atoms with van der Waals surface area (Å²) < 4.78 is 14.4. The quantitative estimate of drug-likeness (QED) is 0.579. The molecule has 0 aromatic heterocycles. The van der Waals surface area contributed by atoms with E-state index >= 15 is 0 Å². The third-order valence-electron chi connectivity index (χ3n) is 3.32. The lowest BCUT2D eigenvalue weighted by Gasteiger charge is -2.42. The summed E-state index contributed by atoms with van der Waals surface area (Å²) in [6.45, 7) is 4.03. The molecule has 1 saturated carbocycles. The lowest BCUT2D eigenvalue weighted by Crippen LogP contribution is -2.39. The zero-order chi connectivity index (χ0) is 10.4. The molecule has 76 valence electrons. The maximum absolute atomic E-state index is 14.4. The summed E-state index contributed by atoms with van der Waals surface area (Å²) in [6, 6.07) is 0. The monoisotopic (exact) mass is 194 g/mol. The second kappa shape index (κ2) is 2.78. The van der Waals surface area contributed by atoms with Crippen molar-refractivity contribution in [2.24, 2.45) is 5.41 Å². The van der Waals surface area contributed by atoms with Crippen molar-refractivity contribution in [3.05, 3.63) is 23.8 Å². The predicted octanol–water partition coefficient (Wildman–Crippen LogP) is 2.97. The number of hydrogen-bond donors (Lipinski definition) is 0. The Morgan fingerprint density at radius 3 is 2.79 bits per heavy atom. The van der Waals surface area contributed by atoms with E-state index < -0.39 is 5.67 Å². The fourth-order valence-corrected chi connectivity index (χ4v) is 2.51. The number of carbonyl (C=O) groups is 1.